The molecule has 2 aliphatic heterocycles. The largest absolute Gasteiger partial charge is 0.385 e. The second-order valence-corrected chi connectivity index (χ2v) is 5.01. The molecule has 0 aromatic carbocycles. The maximum absolute atomic E-state index is 10.7. The number of piperidine rings is 1. The molecule has 3 rings (SSSR count). The molecule has 0 saturated carbocycles. The molecular weight excluding hydrogens is 202 g/mol. The van der Waals surface area contributed by atoms with Gasteiger partial charge in [-0.05, 0) is 31.7 Å². The Morgan fingerprint density at radius 3 is 2.69 bits per heavy atom. The summed E-state index contributed by atoms with van der Waals surface area (Å²) in [6, 6.07) is 4.60. The van der Waals surface area contributed by atoms with Crippen LogP contribution in [0, 0.1) is 0 Å². The van der Waals surface area contributed by atoms with Crippen LogP contribution >= 0.6 is 0 Å². The lowest BCUT2D eigenvalue weighted by molar-refractivity contribution is -0.0110. The van der Waals surface area contributed by atoms with Crippen molar-refractivity contribution in [1.29, 1.82) is 0 Å². The molecule has 0 spiro atoms. The van der Waals surface area contributed by atoms with Crippen LogP contribution < -0.4 is 11.1 Å². The van der Waals surface area contributed by atoms with Gasteiger partial charge in [0.1, 0.15) is 5.82 Å². The van der Waals surface area contributed by atoms with E-state index >= 15 is 0 Å². The van der Waals surface area contributed by atoms with Crippen molar-refractivity contribution in [2.75, 3.05) is 5.73 Å². The van der Waals surface area contributed by atoms with E-state index in [2.05, 4.69) is 10.3 Å². The summed E-state index contributed by atoms with van der Waals surface area (Å²) in [5, 5.41) is 14.3. The molecule has 0 amide bonds. The van der Waals surface area contributed by atoms with E-state index in [1.165, 1.54) is 0 Å². The minimum Gasteiger partial charge on any atom is -0.385 e. The van der Waals surface area contributed by atoms with E-state index in [0.29, 0.717) is 17.9 Å². The number of pyridine rings is 1. The number of aliphatic hydroxyl groups is 1. The first-order valence-electron chi connectivity index (χ1n) is 5.87. The maximum Gasteiger partial charge on any atom is 0.129 e. The smallest absolute Gasteiger partial charge is 0.129 e. The summed E-state index contributed by atoms with van der Waals surface area (Å²) in [4.78, 5) is 4.07. The van der Waals surface area contributed by atoms with Crippen LogP contribution in [0.5, 0.6) is 0 Å². The summed E-state index contributed by atoms with van der Waals surface area (Å²) >= 11 is 0. The Morgan fingerprint density at radius 1 is 1.38 bits per heavy atom. The predicted molar refractivity (Wildman–Crippen MR) is 61.7 cm³/mol. The first-order valence-corrected chi connectivity index (χ1v) is 5.87. The summed E-state index contributed by atoms with van der Waals surface area (Å²) in [5.41, 5.74) is 5.87. The van der Waals surface area contributed by atoms with Gasteiger partial charge < -0.3 is 16.2 Å². The fourth-order valence-electron chi connectivity index (χ4n) is 3.15. The molecule has 4 nitrogen and oxygen atoms in total. The summed E-state index contributed by atoms with van der Waals surface area (Å²) in [7, 11) is 0. The highest BCUT2D eigenvalue weighted by atomic mass is 16.3. The van der Waals surface area contributed by atoms with Crippen molar-refractivity contribution >= 4 is 5.82 Å². The van der Waals surface area contributed by atoms with Gasteiger partial charge in [0, 0.05) is 23.8 Å². The number of hydrogen-bond donors (Lipinski definition) is 3. The molecule has 2 saturated heterocycles. The van der Waals surface area contributed by atoms with E-state index in [-0.39, 0.29) is 0 Å². The van der Waals surface area contributed by atoms with Crippen molar-refractivity contribution in [2.24, 2.45) is 0 Å². The van der Waals surface area contributed by atoms with Gasteiger partial charge in [-0.15, -0.1) is 0 Å². The third-order valence-electron chi connectivity index (χ3n) is 3.84. The molecular formula is C12H17N3O. The molecule has 2 unspecified atom stereocenters. The summed E-state index contributed by atoms with van der Waals surface area (Å²) in [5.74, 6) is 0.464. The molecule has 2 atom stereocenters. The van der Waals surface area contributed by atoms with Crippen LogP contribution in [0.25, 0.3) is 0 Å². The lowest BCUT2D eigenvalue weighted by atomic mass is 9.82. The fourth-order valence-corrected chi connectivity index (χ4v) is 3.15. The minimum atomic E-state index is -0.782. The number of nitrogen functional groups attached to an aromatic ring is 1. The fraction of sp³-hybridized carbons (Fsp3) is 0.583. The number of hydrogen-bond acceptors (Lipinski definition) is 4. The monoisotopic (exact) mass is 219 g/mol. The number of anilines is 1. The van der Waals surface area contributed by atoms with Crippen LogP contribution in [0.4, 0.5) is 5.82 Å². The maximum atomic E-state index is 10.7. The van der Waals surface area contributed by atoms with Crippen molar-refractivity contribution < 1.29 is 5.11 Å². The van der Waals surface area contributed by atoms with E-state index in [0.717, 1.165) is 31.2 Å². The number of nitrogens with zero attached hydrogens (tertiary/aromatic N) is 1. The normalized spacial score (nSPS) is 37.6. The van der Waals surface area contributed by atoms with E-state index in [4.69, 9.17) is 5.73 Å². The molecule has 16 heavy (non-hydrogen) atoms. The Hall–Kier alpha value is -1.13. The third-order valence-corrected chi connectivity index (χ3v) is 3.84. The number of rotatable bonds is 1. The number of nitrogens with one attached hydrogen (secondary N) is 1. The first kappa shape index (κ1) is 10.1. The van der Waals surface area contributed by atoms with Crippen molar-refractivity contribution in [3.05, 3.63) is 23.9 Å². The van der Waals surface area contributed by atoms with Gasteiger partial charge in [0.2, 0.25) is 0 Å². The molecule has 2 aliphatic rings. The van der Waals surface area contributed by atoms with Gasteiger partial charge in [0.25, 0.3) is 0 Å². The van der Waals surface area contributed by atoms with E-state index in [1.807, 2.05) is 12.1 Å². The molecule has 0 radical (unpaired) electrons. The van der Waals surface area contributed by atoms with Crippen molar-refractivity contribution in [1.82, 2.24) is 10.3 Å². The molecule has 2 bridgehead atoms. The van der Waals surface area contributed by atoms with E-state index in [9.17, 15) is 5.11 Å². The standard InChI is InChI=1S/C12H17N3O/c13-11-10(2-1-5-14-11)12(16)6-8-3-4-9(7-12)15-8/h1-2,5,8-9,15-16H,3-4,6-7H2,(H2,13,14). The number of aromatic nitrogens is 1. The Kier molecular flexibility index (Phi) is 2.16. The van der Waals surface area contributed by atoms with Crippen molar-refractivity contribution in [3.63, 3.8) is 0 Å². The molecule has 2 fully saturated rings. The van der Waals surface area contributed by atoms with Gasteiger partial charge in [0.15, 0.2) is 0 Å². The zero-order valence-electron chi connectivity index (χ0n) is 9.19. The molecule has 4 heteroatoms. The second kappa shape index (κ2) is 3.43. The second-order valence-electron chi connectivity index (χ2n) is 5.01. The average Bonchev–Trinajstić information content (AvgIpc) is 2.59. The van der Waals surface area contributed by atoms with Crippen LogP contribution in [0.2, 0.25) is 0 Å². The minimum absolute atomic E-state index is 0.434. The van der Waals surface area contributed by atoms with Crippen LogP contribution in [0.3, 0.4) is 0 Å². The van der Waals surface area contributed by atoms with Crippen LogP contribution in [0.1, 0.15) is 31.2 Å². The van der Waals surface area contributed by atoms with Crippen LogP contribution in [-0.2, 0) is 5.60 Å². The molecule has 3 heterocycles. The Bertz CT molecular complexity index is 395. The summed E-state index contributed by atoms with van der Waals surface area (Å²) in [6.07, 6.45) is 5.48. The zero-order chi connectivity index (χ0) is 11.2. The van der Waals surface area contributed by atoms with Gasteiger partial charge >= 0.3 is 0 Å². The Balaban J connectivity index is 1.96. The third kappa shape index (κ3) is 1.49. The highest BCUT2D eigenvalue weighted by molar-refractivity contribution is 5.43. The van der Waals surface area contributed by atoms with E-state index < -0.39 is 5.60 Å². The van der Waals surface area contributed by atoms with Gasteiger partial charge in [-0.3, -0.25) is 0 Å². The van der Waals surface area contributed by atoms with Gasteiger partial charge in [-0.2, -0.15) is 0 Å². The highest BCUT2D eigenvalue weighted by Gasteiger charge is 2.44. The summed E-state index contributed by atoms with van der Waals surface area (Å²) < 4.78 is 0. The SMILES string of the molecule is Nc1ncccc1C1(O)CC2CCC(C1)N2. The lowest BCUT2D eigenvalue weighted by Gasteiger charge is -2.37. The zero-order valence-corrected chi connectivity index (χ0v) is 9.19. The number of nitrogens with two attached hydrogens (primary N) is 1. The number of fused-ring (bicyclic) bond motifs is 2. The van der Waals surface area contributed by atoms with Gasteiger partial charge in [-0.25, -0.2) is 4.98 Å². The molecule has 1 aromatic rings. The first-order chi connectivity index (χ1) is 7.67. The Labute approximate surface area is 94.9 Å². The quantitative estimate of drug-likeness (QED) is 0.652. The Morgan fingerprint density at radius 2 is 2.06 bits per heavy atom. The highest BCUT2D eigenvalue weighted by Crippen LogP contribution is 2.41. The predicted octanol–water partition coefficient (Wildman–Crippen LogP) is 0.766. The average molecular weight is 219 g/mol. The van der Waals surface area contributed by atoms with Gasteiger partial charge in [-0.1, -0.05) is 6.07 Å². The summed E-state index contributed by atoms with van der Waals surface area (Å²) in [6.45, 7) is 0. The molecule has 1 aromatic heterocycles. The lowest BCUT2D eigenvalue weighted by Crippen LogP contribution is -2.47. The topological polar surface area (TPSA) is 71.2 Å². The van der Waals surface area contributed by atoms with Gasteiger partial charge in [0.05, 0.1) is 5.60 Å². The van der Waals surface area contributed by atoms with Crippen molar-refractivity contribution in [2.45, 2.75) is 43.4 Å². The van der Waals surface area contributed by atoms with Crippen LogP contribution in [-0.4, -0.2) is 22.2 Å². The molecule has 0 aliphatic carbocycles. The molecule has 4 N–H and O–H groups in total. The van der Waals surface area contributed by atoms with E-state index in [1.54, 1.807) is 6.20 Å². The van der Waals surface area contributed by atoms with Crippen molar-refractivity contribution in [3.8, 4) is 0 Å². The molecule has 86 valence electrons. The van der Waals surface area contributed by atoms with Crippen LogP contribution in [0.15, 0.2) is 18.3 Å².